The summed E-state index contributed by atoms with van der Waals surface area (Å²) in [5.74, 6) is -1.04. The van der Waals surface area contributed by atoms with Gasteiger partial charge >= 0.3 is 12.4 Å². The summed E-state index contributed by atoms with van der Waals surface area (Å²) in [6.45, 7) is 0.820. The number of amides is 1. The molecule has 2 rings (SSSR count). The number of anilines is 1. The van der Waals surface area contributed by atoms with Gasteiger partial charge in [0.25, 0.3) is 11.3 Å². The maximum atomic E-state index is 13.3. The lowest BCUT2D eigenvalue weighted by atomic mass is 9.87. The van der Waals surface area contributed by atoms with Crippen molar-refractivity contribution in [1.82, 2.24) is 0 Å². The van der Waals surface area contributed by atoms with E-state index in [0.29, 0.717) is 0 Å². The third-order valence-corrected chi connectivity index (χ3v) is 3.73. The van der Waals surface area contributed by atoms with Crippen LogP contribution in [0, 0.1) is 10.1 Å². The van der Waals surface area contributed by atoms with Crippen molar-refractivity contribution in [1.29, 1.82) is 0 Å². The van der Waals surface area contributed by atoms with Crippen LogP contribution in [-0.4, -0.2) is 28.3 Å². The van der Waals surface area contributed by atoms with Gasteiger partial charge in [0, 0.05) is 23.9 Å². The van der Waals surface area contributed by atoms with Crippen LogP contribution in [0.3, 0.4) is 0 Å². The number of carbonyl (C=O) groups excluding carboxylic acids is 1. The molecule has 0 aliphatic carbocycles. The Kier molecular flexibility index (Phi) is 4.82. The van der Waals surface area contributed by atoms with Crippen LogP contribution in [0.1, 0.15) is 12.5 Å². The molecule has 0 aliphatic rings. The maximum absolute atomic E-state index is 13.3. The number of fused-ring (bicyclic) bond motifs is 1. The van der Waals surface area contributed by atoms with Gasteiger partial charge in [0.1, 0.15) is 0 Å². The highest BCUT2D eigenvalue weighted by Crippen LogP contribution is 2.54. The molecule has 146 valence electrons. The van der Waals surface area contributed by atoms with Crippen LogP contribution in [0.15, 0.2) is 30.3 Å². The van der Waals surface area contributed by atoms with E-state index < -0.39 is 51.1 Å². The number of alkyl halides is 6. The normalized spacial score (nSPS) is 12.9. The summed E-state index contributed by atoms with van der Waals surface area (Å²) in [5, 5.41) is 21.9. The number of non-ortho nitro benzene ring substituents is 1. The van der Waals surface area contributed by atoms with Crippen molar-refractivity contribution in [2.75, 3.05) is 5.32 Å². The van der Waals surface area contributed by atoms with E-state index in [-0.39, 0.29) is 11.5 Å². The van der Waals surface area contributed by atoms with Gasteiger partial charge in [-0.15, -0.1) is 0 Å². The van der Waals surface area contributed by atoms with E-state index >= 15 is 0 Å². The first-order valence-electron chi connectivity index (χ1n) is 7.06. The standard InChI is InChI=1S/C15H10F6N2O4/c1-7(24)22-12-9-5-3-2-4-8(9)11(23(26)27)6-10(12)13(25,14(16,17)18)15(19,20)21/h2-6,25H,1H3,(H,22,24). The van der Waals surface area contributed by atoms with Crippen molar-refractivity contribution in [3.63, 3.8) is 0 Å². The summed E-state index contributed by atoms with van der Waals surface area (Å²) >= 11 is 0. The predicted molar refractivity (Wildman–Crippen MR) is 80.9 cm³/mol. The fraction of sp³-hybridized carbons (Fsp3) is 0.267. The van der Waals surface area contributed by atoms with E-state index in [1.165, 1.54) is 12.1 Å². The number of hydrogen-bond acceptors (Lipinski definition) is 4. The van der Waals surface area contributed by atoms with Crippen molar-refractivity contribution in [2.24, 2.45) is 0 Å². The maximum Gasteiger partial charge on any atom is 0.430 e. The zero-order valence-electron chi connectivity index (χ0n) is 13.3. The van der Waals surface area contributed by atoms with Crippen LogP contribution in [0.25, 0.3) is 10.8 Å². The van der Waals surface area contributed by atoms with Crippen molar-refractivity contribution in [3.05, 3.63) is 46.0 Å². The Morgan fingerprint density at radius 2 is 1.56 bits per heavy atom. The molecular weight excluding hydrogens is 386 g/mol. The lowest BCUT2D eigenvalue weighted by Gasteiger charge is -2.34. The topological polar surface area (TPSA) is 92.5 Å². The minimum absolute atomic E-state index is 0.0331. The van der Waals surface area contributed by atoms with Crippen LogP contribution in [0.5, 0.6) is 0 Å². The number of aliphatic hydroxyl groups is 1. The van der Waals surface area contributed by atoms with Gasteiger partial charge in [-0.05, 0) is 6.07 Å². The van der Waals surface area contributed by atoms with Crippen molar-refractivity contribution < 1.29 is 41.2 Å². The highest BCUT2D eigenvalue weighted by Gasteiger charge is 2.72. The third-order valence-electron chi connectivity index (χ3n) is 3.73. The summed E-state index contributed by atoms with van der Waals surface area (Å²) in [6.07, 6.45) is -12.6. The number of nitro groups is 1. The second-order valence-electron chi connectivity index (χ2n) is 5.51. The van der Waals surface area contributed by atoms with Crippen molar-refractivity contribution >= 4 is 28.1 Å². The van der Waals surface area contributed by atoms with Gasteiger partial charge in [0.05, 0.1) is 16.0 Å². The van der Waals surface area contributed by atoms with E-state index in [2.05, 4.69) is 0 Å². The second kappa shape index (κ2) is 6.37. The quantitative estimate of drug-likeness (QED) is 0.466. The van der Waals surface area contributed by atoms with Crippen molar-refractivity contribution in [3.8, 4) is 0 Å². The molecule has 0 saturated heterocycles. The Balaban J connectivity index is 3.09. The first-order chi connectivity index (χ1) is 12.2. The summed E-state index contributed by atoms with van der Waals surface area (Å²) in [6, 6.07) is 4.51. The molecule has 0 heterocycles. The molecule has 0 radical (unpaired) electrons. The molecule has 2 aromatic carbocycles. The molecule has 0 atom stereocenters. The fourth-order valence-electron chi connectivity index (χ4n) is 2.57. The number of nitro benzene ring substituents is 1. The van der Waals surface area contributed by atoms with Gasteiger partial charge in [-0.1, -0.05) is 18.2 Å². The summed E-state index contributed by atoms with van der Waals surface area (Å²) < 4.78 is 79.7. The number of nitrogens with zero attached hydrogens (tertiary/aromatic N) is 1. The van der Waals surface area contributed by atoms with Gasteiger partial charge in [-0.25, -0.2) is 0 Å². The lowest BCUT2D eigenvalue weighted by Crippen LogP contribution is -2.54. The number of benzene rings is 2. The molecule has 2 aromatic rings. The zero-order chi connectivity index (χ0) is 20.8. The van der Waals surface area contributed by atoms with Gasteiger partial charge in [-0.3, -0.25) is 14.9 Å². The molecule has 2 N–H and O–H groups in total. The minimum atomic E-state index is -6.28. The Bertz CT molecular complexity index is 909. The third kappa shape index (κ3) is 3.27. The number of carbonyl (C=O) groups is 1. The van der Waals surface area contributed by atoms with E-state index in [1.54, 1.807) is 0 Å². The predicted octanol–water partition coefficient (Wildman–Crippen LogP) is 4.02. The molecule has 0 saturated carbocycles. The average Bonchev–Trinajstić information content (AvgIpc) is 2.51. The Hall–Kier alpha value is -2.89. The lowest BCUT2D eigenvalue weighted by molar-refractivity contribution is -0.385. The van der Waals surface area contributed by atoms with Crippen LogP contribution in [0.4, 0.5) is 37.7 Å². The Labute approximate surface area is 146 Å². The Morgan fingerprint density at radius 3 is 1.96 bits per heavy atom. The first kappa shape index (κ1) is 20.4. The molecule has 0 fully saturated rings. The molecule has 0 unspecified atom stereocenters. The molecule has 0 aliphatic heterocycles. The minimum Gasteiger partial charge on any atom is -0.369 e. The summed E-state index contributed by atoms with van der Waals surface area (Å²) in [4.78, 5) is 21.4. The van der Waals surface area contributed by atoms with Crippen molar-refractivity contribution in [2.45, 2.75) is 24.9 Å². The zero-order valence-corrected chi connectivity index (χ0v) is 13.3. The van der Waals surface area contributed by atoms with Gasteiger partial charge in [0.15, 0.2) is 0 Å². The smallest absolute Gasteiger partial charge is 0.369 e. The average molecular weight is 396 g/mol. The highest BCUT2D eigenvalue weighted by atomic mass is 19.4. The molecule has 6 nitrogen and oxygen atoms in total. The number of halogens is 6. The summed E-state index contributed by atoms with van der Waals surface area (Å²) in [7, 11) is 0. The SMILES string of the molecule is CC(=O)Nc1c(C(O)(C(F)(F)F)C(F)(F)F)cc([N+](=O)[O-])c2ccccc12. The van der Waals surface area contributed by atoms with Gasteiger partial charge in [-0.2, -0.15) is 26.3 Å². The molecule has 1 amide bonds. The molecule has 0 aromatic heterocycles. The number of nitrogens with one attached hydrogen (secondary N) is 1. The van der Waals surface area contributed by atoms with E-state index in [1.807, 2.05) is 5.32 Å². The number of rotatable bonds is 3. The van der Waals surface area contributed by atoms with E-state index in [9.17, 15) is 46.4 Å². The van der Waals surface area contributed by atoms with E-state index in [4.69, 9.17) is 0 Å². The van der Waals surface area contributed by atoms with Crippen LogP contribution < -0.4 is 5.32 Å². The van der Waals surface area contributed by atoms with Gasteiger partial charge < -0.3 is 10.4 Å². The first-order valence-corrected chi connectivity index (χ1v) is 7.06. The molecule has 0 bridgehead atoms. The fourth-order valence-corrected chi connectivity index (χ4v) is 2.57. The highest BCUT2D eigenvalue weighted by molar-refractivity contribution is 6.06. The summed E-state index contributed by atoms with van der Waals surface area (Å²) in [5.41, 5.74) is -9.47. The molecule has 12 heteroatoms. The van der Waals surface area contributed by atoms with E-state index in [0.717, 1.165) is 19.1 Å². The largest absolute Gasteiger partial charge is 0.430 e. The molecule has 0 spiro atoms. The van der Waals surface area contributed by atoms with Crippen LogP contribution >= 0.6 is 0 Å². The van der Waals surface area contributed by atoms with Crippen LogP contribution in [0.2, 0.25) is 0 Å². The second-order valence-corrected chi connectivity index (χ2v) is 5.51. The molecular formula is C15H10F6N2O4. The van der Waals surface area contributed by atoms with Crippen LogP contribution in [-0.2, 0) is 10.4 Å². The Morgan fingerprint density at radius 1 is 1.07 bits per heavy atom. The van der Waals surface area contributed by atoms with Gasteiger partial charge in [0.2, 0.25) is 5.91 Å². The molecule has 27 heavy (non-hydrogen) atoms. The monoisotopic (exact) mass is 396 g/mol. The number of hydrogen-bond donors (Lipinski definition) is 2.